The smallest absolute Gasteiger partial charge is 0.141 e. The molecule has 0 fully saturated rings. The molecule has 0 aromatic carbocycles. The summed E-state index contributed by atoms with van der Waals surface area (Å²) in [5.74, 6) is 1.04. The van der Waals surface area contributed by atoms with Gasteiger partial charge in [-0.1, -0.05) is 41.0 Å². The second-order valence-electron chi connectivity index (χ2n) is 5.75. The van der Waals surface area contributed by atoms with Crippen LogP contribution in [0.1, 0.15) is 53.9 Å². The highest BCUT2D eigenvalue weighted by molar-refractivity contribution is 5.86. The Morgan fingerprint density at radius 3 is 2.07 bits per heavy atom. The molecule has 0 aliphatic carbocycles. The fourth-order valence-electron chi connectivity index (χ4n) is 1.83. The number of carbonyl (C=O) groups is 1. The van der Waals surface area contributed by atoms with E-state index in [0.717, 1.165) is 25.8 Å². The van der Waals surface area contributed by atoms with Crippen molar-refractivity contribution in [3.8, 4) is 0 Å². The monoisotopic (exact) mass is 213 g/mol. The van der Waals surface area contributed by atoms with Gasteiger partial charge in [-0.2, -0.15) is 0 Å². The Bertz CT molecular complexity index is 191. The maximum atomic E-state index is 12.2. The molecule has 0 aliphatic rings. The van der Waals surface area contributed by atoms with Crippen LogP contribution >= 0.6 is 0 Å². The fraction of sp³-hybridized carbons (Fsp3) is 0.923. The van der Waals surface area contributed by atoms with Gasteiger partial charge >= 0.3 is 0 Å². The third kappa shape index (κ3) is 5.31. The van der Waals surface area contributed by atoms with E-state index in [1.807, 2.05) is 20.8 Å². The molecule has 0 spiro atoms. The first-order valence-corrected chi connectivity index (χ1v) is 6.05. The van der Waals surface area contributed by atoms with Gasteiger partial charge in [-0.05, 0) is 25.3 Å². The minimum absolute atomic E-state index is 0.205. The summed E-state index contributed by atoms with van der Waals surface area (Å²) >= 11 is 0. The van der Waals surface area contributed by atoms with Crippen molar-refractivity contribution >= 4 is 5.78 Å². The quantitative estimate of drug-likeness (QED) is 0.689. The van der Waals surface area contributed by atoms with Crippen LogP contribution in [0.3, 0.4) is 0 Å². The molecule has 0 saturated carbocycles. The summed E-state index contributed by atoms with van der Waals surface area (Å²) < 4.78 is 0. The van der Waals surface area contributed by atoms with Crippen molar-refractivity contribution in [3.63, 3.8) is 0 Å². The van der Waals surface area contributed by atoms with Crippen molar-refractivity contribution in [2.45, 2.75) is 53.9 Å². The van der Waals surface area contributed by atoms with Crippen LogP contribution in [0.15, 0.2) is 0 Å². The molecule has 1 unspecified atom stereocenters. The lowest BCUT2D eigenvalue weighted by molar-refractivity contribution is -0.132. The largest absolute Gasteiger partial charge is 0.330 e. The summed E-state index contributed by atoms with van der Waals surface area (Å²) in [6, 6.07) is 0. The summed E-state index contributed by atoms with van der Waals surface area (Å²) in [6.07, 6.45) is 3.09. The predicted molar refractivity (Wildman–Crippen MR) is 65.7 cm³/mol. The lowest BCUT2D eigenvalue weighted by Crippen LogP contribution is -2.31. The van der Waals surface area contributed by atoms with E-state index >= 15 is 0 Å². The van der Waals surface area contributed by atoms with E-state index in [-0.39, 0.29) is 11.3 Å². The van der Waals surface area contributed by atoms with Crippen LogP contribution in [0.4, 0.5) is 0 Å². The SMILES string of the molecule is CC(C)C(CCCCN)C(=O)C(C)(C)C. The van der Waals surface area contributed by atoms with Gasteiger partial charge in [0.15, 0.2) is 0 Å². The van der Waals surface area contributed by atoms with E-state index < -0.39 is 0 Å². The number of rotatable bonds is 6. The molecule has 0 aromatic rings. The molecule has 15 heavy (non-hydrogen) atoms. The van der Waals surface area contributed by atoms with E-state index in [1.165, 1.54) is 0 Å². The average molecular weight is 213 g/mol. The molecule has 1 atom stereocenters. The first-order chi connectivity index (χ1) is 6.80. The third-order valence-corrected chi connectivity index (χ3v) is 2.85. The minimum Gasteiger partial charge on any atom is -0.330 e. The number of unbranched alkanes of at least 4 members (excludes halogenated alkanes) is 1. The number of carbonyl (C=O) groups excluding carboxylic acids is 1. The number of ketones is 1. The van der Waals surface area contributed by atoms with Crippen molar-refractivity contribution in [3.05, 3.63) is 0 Å². The van der Waals surface area contributed by atoms with Crippen LogP contribution in [-0.4, -0.2) is 12.3 Å². The minimum atomic E-state index is -0.211. The summed E-state index contributed by atoms with van der Waals surface area (Å²) in [4.78, 5) is 12.2. The second-order valence-corrected chi connectivity index (χ2v) is 5.75. The van der Waals surface area contributed by atoms with Crippen LogP contribution in [-0.2, 0) is 4.79 Å². The second kappa shape index (κ2) is 6.26. The number of hydrogen-bond acceptors (Lipinski definition) is 2. The fourth-order valence-corrected chi connectivity index (χ4v) is 1.83. The molecule has 2 N–H and O–H groups in total. The molecule has 0 aromatic heterocycles. The van der Waals surface area contributed by atoms with Gasteiger partial charge in [-0.3, -0.25) is 4.79 Å². The van der Waals surface area contributed by atoms with Crippen LogP contribution in [0, 0.1) is 17.3 Å². The molecule has 0 saturated heterocycles. The zero-order valence-corrected chi connectivity index (χ0v) is 11.0. The molecule has 2 heteroatoms. The molecule has 90 valence electrons. The Labute approximate surface area is 94.6 Å². The van der Waals surface area contributed by atoms with Gasteiger partial charge in [0, 0.05) is 11.3 Å². The number of hydrogen-bond donors (Lipinski definition) is 1. The highest BCUT2D eigenvalue weighted by atomic mass is 16.1. The van der Waals surface area contributed by atoms with Crippen molar-refractivity contribution in [1.82, 2.24) is 0 Å². The van der Waals surface area contributed by atoms with Crippen molar-refractivity contribution in [2.24, 2.45) is 23.0 Å². The van der Waals surface area contributed by atoms with E-state index in [1.54, 1.807) is 0 Å². The van der Waals surface area contributed by atoms with E-state index in [0.29, 0.717) is 11.7 Å². The Hall–Kier alpha value is -0.370. The molecule has 0 radical (unpaired) electrons. The van der Waals surface area contributed by atoms with Gasteiger partial charge in [-0.25, -0.2) is 0 Å². The Balaban J connectivity index is 4.33. The molecule has 2 nitrogen and oxygen atoms in total. The Kier molecular flexibility index (Phi) is 6.11. The topological polar surface area (TPSA) is 43.1 Å². The maximum absolute atomic E-state index is 12.2. The first kappa shape index (κ1) is 14.6. The molecule has 0 aliphatic heterocycles. The number of Topliss-reactive ketones (excluding diaryl/α,β-unsaturated/α-hetero) is 1. The molecule has 0 bridgehead atoms. The van der Waals surface area contributed by atoms with Crippen molar-refractivity contribution in [1.29, 1.82) is 0 Å². The van der Waals surface area contributed by atoms with Crippen molar-refractivity contribution in [2.75, 3.05) is 6.54 Å². The van der Waals surface area contributed by atoms with Gasteiger partial charge in [0.25, 0.3) is 0 Å². The lowest BCUT2D eigenvalue weighted by atomic mass is 9.76. The highest BCUT2D eigenvalue weighted by Gasteiger charge is 2.30. The molecule has 0 rings (SSSR count). The third-order valence-electron chi connectivity index (χ3n) is 2.85. The normalized spacial score (nSPS) is 14.3. The van der Waals surface area contributed by atoms with Gasteiger partial charge in [0.05, 0.1) is 0 Å². The number of nitrogens with two attached hydrogens (primary N) is 1. The molecule has 0 amide bonds. The zero-order valence-electron chi connectivity index (χ0n) is 11.0. The molecule has 0 heterocycles. The summed E-state index contributed by atoms with van der Waals surface area (Å²) in [7, 11) is 0. The summed E-state index contributed by atoms with van der Waals surface area (Å²) in [5, 5.41) is 0. The van der Waals surface area contributed by atoms with Crippen LogP contribution in [0.5, 0.6) is 0 Å². The van der Waals surface area contributed by atoms with Crippen LogP contribution < -0.4 is 5.73 Å². The molecular formula is C13H27NO. The van der Waals surface area contributed by atoms with Crippen LogP contribution in [0.2, 0.25) is 0 Å². The summed E-state index contributed by atoms with van der Waals surface area (Å²) in [6.45, 7) is 11.0. The molecular weight excluding hydrogens is 186 g/mol. The van der Waals surface area contributed by atoms with Gasteiger partial charge in [-0.15, -0.1) is 0 Å². The highest BCUT2D eigenvalue weighted by Crippen LogP contribution is 2.28. The van der Waals surface area contributed by atoms with Crippen molar-refractivity contribution < 1.29 is 4.79 Å². The zero-order chi connectivity index (χ0) is 12.1. The summed E-state index contributed by atoms with van der Waals surface area (Å²) in [5.41, 5.74) is 5.26. The average Bonchev–Trinajstić information content (AvgIpc) is 2.09. The van der Waals surface area contributed by atoms with E-state index in [2.05, 4.69) is 13.8 Å². The van der Waals surface area contributed by atoms with Gasteiger partial charge < -0.3 is 5.73 Å². The van der Waals surface area contributed by atoms with Crippen LogP contribution in [0.25, 0.3) is 0 Å². The van der Waals surface area contributed by atoms with E-state index in [9.17, 15) is 4.79 Å². The lowest BCUT2D eigenvalue weighted by Gasteiger charge is -2.27. The predicted octanol–water partition coefficient (Wildman–Crippen LogP) is 3.00. The first-order valence-electron chi connectivity index (χ1n) is 6.05. The Morgan fingerprint density at radius 2 is 1.73 bits per heavy atom. The van der Waals surface area contributed by atoms with E-state index in [4.69, 9.17) is 5.73 Å². The standard InChI is InChI=1S/C13H27NO/c1-10(2)11(8-6-7-9-14)12(15)13(3,4)5/h10-11H,6-9,14H2,1-5H3. The van der Waals surface area contributed by atoms with Gasteiger partial charge in [0.2, 0.25) is 0 Å². The maximum Gasteiger partial charge on any atom is 0.141 e. The Morgan fingerprint density at radius 1 is 1.20 bits per heavy atom. The van der Waals surface area contributed by atoms with Gasteiger partial charge in [0.1, 0.15) is 5.78 Å².